The molecule has 0 aromatic heterocycles. The van der Waals surface area contributed by atoms with Gasteiger partial charge < -0.3 is 10.0 Å². The van der Waals surface area contributed by atoms with Gasteiger partial charge >= 0.3 is 5.97 Å². The Kier molecular flexibility index (Phi) is 4.49. The van der Waals surface area contributed by atoms with Crippen molar-refractivity contribution < 1.29 is 14.3 Å². The Bertz CT molecular complexity index is 406. The third-order valence-electron chi connectivity index (χ3n) is 2.97. The molecule has 0 spiro atoms. The maximum atomic E-state index is 13.8. The summed E-state index contributed by atoms with van der Waals surface area (Å²) in [6.07, 6.45) is 0.835. The average Bonchev–Trinajstić information content (AvgIpc) is 2.31. The zero-order valence-corrected chi connectivity index (χ0v) is 10.4. The lowest BCUT2D eigenvalue weighted by Crippen LogP contribution is -2.34. The van der Waals surface area contributed by atoms with Crippen molar-refractivity contribution in [3.8, 4) is 0 Å². The van der Waals surface area contributed by atoms with Gasteiger partial charge in [-0.25, -0.2) is 9.18 Å². The van der Waals surface area contributed by atoms with Gasteiger partial charge in [0.2, 0.25) is 0 Å². The zero-order valence-electron chi connectivity index (χ0n) is 10.4. The first-order valence-corrected chi connectivity index (χ1v) is 5.81. The third-order valence-corrected chi connectivity index (χ3v) is 2.97. The molecule has 94 valence electrons. The van der Waals surface area contributed by atoms with E-state index in [0.717, 1.165) is 6.42 Å². The van der Waals surface area contributed by atoms with Gasteiger partial charge in [-0.1, -0.05) is 13.0 Å². The van der Waals surface area contributed by atoms with Crippen LogP contribution in [0.15, 0.2) is 18.2 Å². The molecule has 0 heterocycles. The van der Waals surface area contributed by atoms with E-state index in [1.807, 2.05) is 20.8 Å². The molecule has 0 bridgehead atoms. The number of carboxylic acid groups (broad SMARTS) is 1. The first kappa shape index (κ1) is 13.5. The summed E-state index contributed by atoms with van der Waals surface area (Å²) in [5.41, 5.74) is 0.212. The number of hydrogen-bond acceptors (Lipinski definition) is 2. The van der Waals surface area contributed by atoms with Crippen molar-refractivity contribution in [3.63, 3.8) is 0 Å². The summed E-state index contributed by atoms with van der Waals surface area (Å²) in [5, 5.41) is 9.10. The first-order valence-electron chi connectivity index (χ1n) is 5.81. The third kappa shape index (κ3) is 2.75. The number of anilines is 1. The van der Waals surface area contributed by atoms with E-state index in [-0.39, 0.29) is 17.3 Å². The molecule has 17 heavy (non-hydrogen) atoms. The van der Waals surface area contributed by atoms with E-state index in [1.54, 1.807) is 4.90 Å². The summed E-state index contributed by atoms with van der Waals surface area (Å²) < 4.78 is 13.8. The van der Waals surface area contributed by atoms with Gasteiger partial charge in [0, 0.05) is 12.6 Å². The van der Waals surface area contributed by atoms with Crippen molar-refractivity contribution in [1.82, 2.24) is 0 Å². The summed E-state index contributed by atoms with van der Waals surface area (Å²) in [6, 6.07) is 4.26. The van der Waals surface area contributed by atoms with Crippen molar-refractivity contribution in [3.05, 3.63) is 29.6 Å². The van der Waals surface area contributed by atoms with Crippen LogP contribution in [-0.4, -0.2) is 23.7 Å². The van der Waals surface area contributed by atoms with E-state index in [4.69, 9.17) is 5.11 Å². The number of para-hydroxylation sites is 1. The predicted octanol–water partition coefficient (Wildman–Crippen LogP) is 3.15. The summed E-state index contributed by atoms with van der Waals surface area (Å²) >= 11 is 0. The number of nitrogens with zero attached hydrogens (tertiary/aromatic N) is 1. The summed E-state index contributed by atoms with van der Waals surface area (Å²) in [7, 11) is 0. The smallest absolute Gasteiger partial charge is 0.337 e. The number of benzene rings is 1. The van der Waals surface area contributed by atoms with Crippen LogP contribution in [0.1, 0.15) is 37.6 Å². The standard InChI is InChI=1S/C13H18FNO2/c1-4-9(3)15(5-2)12-10(13(16)17)7-6-8-11(12)14/h6-9H,4-5H2,1-3H3,(H,16,17). The van der Waals surface area contributed by atoms with Crippen LogP contribution >= 0.6 is 0 Å². The largest absolute Gasteiger partial charge is 0.478 e. The molecule has 1 N–H and O–H groups in total. The summed E-state index contributed by atoms with van der Waals surface area (Å²) in [5.74, 6) is -1.58. The molecule has 1 aromatic rings. The fourth-order valence-electron chi connectivity index (χ4n) is 1.89. The number of carboxylic acids is 1. The van der Waals surface area contributed by atoms with E-state index in [0.29, 0.717) is 6.54 Å². The Morgan fingerprint density at radius 3 is 2.59 bits per heavy atom. The SMILES string of the molecule is CCC(C)N(CC)c1c(F)cccc1C(=O)O. The second-order valence-electron chi connectivity index (χ2n) is 3.98. The highest BCUT2D eigenvalue weighted by Gasteiger charge is 2.21. The van der Waals surface area contributed by atoms with E-state index in [9.17, 15) is 9.18 Å². The van der Waals surface area contributed by atoms with Gasteiger partial charge in [0.05, 0.1) is 11.3 Å². The van der Waals surface area contributed by atoms with Crippen molar-refractivity contribution in [2.45, 2.75) is 33.2 Å². The number of hydrogen-bond donors (Lipinski definition) is 1. The van der Waals surface area contributed by atoms with E-state index in [1.165, 1.54) is 18.2 Å². The number of aromatic carboxylic acids is 1. The normalized spacial score (nSPS) is 12.2. The molecule has 0 amide bonds. The second-order valence-corrected chi connectivity index (χ2v) is 3.98. The van der Waals surface area contributed by atoms with Crippen molar-refractivity contribution in [1.29, 1.82) is 0 Å². The van der Waals surface area contributed by atoms with Gasteiger partial charge in [-0.3, -0.25) is 0 Å². The van der Waals surface area contributed by atoms with Gasteiger partial charge in [0.25, 0.3) is 0 Å². The minimum absolute atomic E-state index is 0.0205. The first-order chi connectivity index (χ1) is 8.02. The van der Waals surface area contributed by atoms with E-state index >= 15 is 0 Å². The maximum absolute atomic E-state index is 13.8. The van der Waals surface area contributed by atoms with E-state index < -0.39 is 11.8 Å². The minimum atomic E-state index is -1.10. The van der Waals surface area contributed by atoms with Crippen LogP contribution in [0.25, 0.3) is 0 Å². The minimum Gasteiger partial charge on any atom is -0.478 e. The van der Waals surface area contributed by atoms with Gasteiger partial charge in [-0.15, -0.1) is 0 Å². The van der Waals surface area contributed by atoms with Gasteiger partial charge in [-0.2, -0.15) is 0 Å². The lowest BCUT2D eigenvalue weighted by atomic mass is 10.1. The number of carbonyl (C=O) groups is 1. The molecule has 4 heteroatoms. The van der Waals surface area contributed by atoms with Crippen LogP contribution in [0.3, 0.4) is 0 Å². The van der Waals surface area contributed by atoms with E-state index in [2.05, 4.69) is 0 Å². The van der Waals surface area contributed by atoms with Crippen LogP contribution in [0.2, 0.25) is 0 Å². The molecule has 1 unspecified atom stereocenters. The fourth-order valence-corrected chi connectivity index (χ4v) is 1.89. The molecule has 0 aliphatic heterocycles. The maximum Gasteiger partial charge on any atom is 0.337 e. The van der Waals surface area contributed by atoms with Crippen LogP contribution in [-0.2, 0) is 0 Å². The Morgan fingerprint density at radius 1 is 1.47 bits per heavy atom. The van der Waals surface area contributed by atoms with Gasteiger partial charge in [-0.05, 0) is 32.4 Å². The quantitative estimate of drug-likeness (QED) is 0.858. The Labute approximate surface area is 101 Å². The van der Waals surface area contributed by atoms with Crippen LogP contribution < -0.4 is 4.90 Å². The molecule has 1 atom stereocenters. The molecule has 3 nitrogen and oxygen atoms in total. The summed E-state index contributed by atoms with van der Waals surface area (Å²) in [4.78, 5) is 12.9. The Balaban J connectivity index is 3.31. The molecule has 0 aliphatic carbocycles. The molecule has 1 rings (SSSR count). The van der Waals surface area contributed by atoms with Crippen molar-refractivity contribution in [2.24, 2.45) is 0 Å². The van der Waals surface area contributed by atoms with Gasteiger partial charge in [0.1, 0.15) is 5.82 Å². The lowest BCUT2D eigenvalue weighted by Gasteiger charge is -2.30. The van der Waals surface area contributed by atoms with Crippen molar-refractivity contribution in [2.75, 3.05) is 11.4 Å². The molecule has 0 saturated heterocycles. The molecule has 0 fully saturated rings. The van der Waals surface area contributed by atoms with Crippen LogP contribution in [0, 0.1) is 5.82 Å². The van der Waals surface area contributed by atoms with Crippen LogP contribution in [0.5, 0.6) is 0 Å². The predicted molar refractivity (Wildman–Crippen MR) is 66.1 cm³/mol. The highest BCUT2D eigenvalue weighted by Crippen LogP contribution is 2.27. The molecule has 0 aliphatic rings. The molecule has 0 radical (unpaired) electrons. The molecular formula is C13H18FNO2. The van der Waals surface area contributed by atoms with Crippen LogP contribution in [0.4, 0.5) is 10.1 Å². The van der Waals surface area contributed by atoms with Crippen molar-refractivity contribution >= 4 is 11.7 Å². The lowest BCUT2D eigenvalue weighted by molar-refractivity contribution is 0.0697. The Morgan fingerprint density at radius 2 is 2.12 bits per heavy atom. The summed E-state index contributed by atoms with van der Waals surface area (Å²) in [6.45, 7) is 6.43. The molecule has 0 saturated carbocycles. The number of halogens is 1. The Hall–Kier alpha value is -1.58. The van der Waals surface area contributed by atoms with Gasteiger partial charge in [0.15, 0.2) is 0 Å². The highest BCUT2D eigenvalue weighted by atomic mass is 19.1. The number of rotatable bonds is 5. The fraction of sp³-hybridized carbons (Fsp3) is 0.462. The average molecular weight is 239 g/mol. The monoisotopic (exact) mass is 239 g/mol. The zero-order chi connectivity index (χ0) is 13.0. The molecular weight excluding hydrogens is 221 g/mol. The second kappa shape index (κ2) is 5.66. The highest BCUT2D eigenvalue weighted by molar-refractivity contribution is 5.94. The topological polar surface area (TPSA) is 40.5 Å². The molecule has 1 aromatic carbocycles.